The first-order valence-corrected chi connectivity index (χ1v) is 5.36. The number of carboxylic acids is 1. The Morgan fingerprint density at radius 2 is 1.67 bits per heavy atom. The first kappa shape index (κ1) is 21.8. The predicted octanol–water partition coefficient (Wildman–Crippen LogP) is -0.398. The zero-order chi connectivity index (χ0) is 15.0. The minimum atomic E-state index is -1.50. The highest BCUT2D eigenvalue weighted by Gasteiger charge is 2.07. The molecule has 9 nitrogen and oxygen atoms in total. The summed E-state index contributed by atoms with van der Waals surface area (Å²) in [5.74, 6) is -0.910. The van der Waals surface area contributed by atoms with Gasteiger partial charge in [-0.3, -0.25) is 4.79 Å². The Kier molecular flexibility index (Phi) is 21.7. The Hall–Kier alpha value is -1.45. The predicted molar refractivity (Wildman–Crippen MR) is 62.7 cm³/mol. The van der Waals surface area contributed by atoms with Gasteiger partial charge < -0.3 is 26.3 Å². The normalized spacial score (nSPS) is 10.2. The van der Waals surface area contributed by atoms with Crippen LogP contribution in [0.2, 0.25) is 0 Å². The molecule has 18 heavy (non-hydrogen) atoms. The summed E-state index contributed by atoms with van der Waals surface area (Å²) in [5, 5.41) is 38.0. The van der Waals surface area contributed by atoms with Gasteiger partial charge in [-0.1, -0.05) is 13.3 Å². The van der Waals surface area contributed by atoms with Crippen LogP contribution in [0.1, 0.15) is 32.6 Å². The zero-order valence-electron chi connectivity index (χ0n) is 10.4. The van der Waals surface area contributed by atoms with E-state index in [1.165, 1.54) is 0 Å². The minimum Gasteiger partial charge on any atom is -0.480 e. The van der Waals surface area contributed by atoms with E-state index in [2.05, 4.69) is 0 Å². The molecule has 0 aromatic heterocycles. The highest BCUT2D eigenvalue weighted by atomic mass is 16.9. The topological polar surface area (TPSA) is 167 Å². The minimum absolute atomic E-state index is 0.195. The molecule has 0 aromatic carbocycles. The molecule has 0 saturated heterocycles. The summed E-state index contributed by atoms with van der Waals surface area (Å²) >= 11 is 0. The van der Waals surface area contributed by atoms with Crippen molar-refractivity contribution in [3.63, 3.8) is 0 Å². The summed E-state index contributed by atoms with van der Waals surface area (Å²) in [5.41, 5.74) is 5.13. The van der Waals surface area contributed by atoms with Crippen LogP contribution < -0.4 is 5.73 Å². The maximum atomic E-state index is 9.96. The molecular formula is C9H22N2O7. The molecule has 0 heterocycles. The van der Waals surface area contributed by atoms with Crippen molar-refractivity contribution in [2.24, 2.45) is 5.73 Å². The lowest BCUT2D eigenvalue weighted by molar-refractivity contribution is -0.742. The summed E-state index contributed by atoms with van der Waals surface area (Å²) in [6.07, 6.45) is 2.83. The third-order valence-corrected chi connectivity index (χ3v) is 1.48. The molecule has 0 spiro atoms. The lowest BCUT2D eigenvalue weighted by Gasteiger charge is -2.00. The molecule has 0 radical (unpaired) electrons. The van der Waals surface area contributed by atoms with Crippen LogP contribution in [0.15, 0.2) is 0 Å². The van der Waals surface area contributed by atoms with Gasteiger partial charge in [-0.2, -0.15) is 0 Å². The summed E-state index contributed by atoms with van der Waals surface area (Å²) in [4.78, 5) is 18.3. The largest absolute Gasteiger partial charge is 0.480 e. The Labute approximate surface area is 105 Å². The van der Waals surface area contributed by atoms with Gasteiger partial charge in [0.15, 0.2) is 0 Å². The molecule has 110 valence electrons. The van der Waals surface area contributed by atoms with Gasteiger partial charge in [-0.15, -0.1) is 10.1 Å². The Morgan fingerprint density at radius 3 is 1.78 bits per heavy atom. The number of nitrogens with zero attached hydrogens (tertiary/aromatic N) is 1. The summed E-state index contributed by atoms with van der Waals surface area (Å²) < 4.78 is 0. The van der Waals surface area contributed by atoms with E-state index in [9.17, 15) is 4.79 Å². The van der Waals surface area contributed by atoms with Crippen molar-refractivity contribution in [1.29, 1.82) is 0 Å². The summed E-state index contributed by atoms with van der Waals surface area (Å²) in [6.45, 7) is 2.30. The van der Waals surface area contributed by atoms with E-state index in [0.717, 1.165) is 19.3 Å². The fourth-order valence-electron chi connectivity index (χ4n) is 0.658. The van der Waals surface area contributed by atoms with Gasteiger partial charge in [-0.25, -0.2) is 0 Å². The number of aliphatic carboxylic acids is 1. The van der Waals surface area contributed by atoms with E-state index in [4.69, 9.17) is 36.4 Å². The molecule has 9 heteroatoms. The first-order valence-electron chi connectivity index (χ1n) is 5.36. The molecule has 0 unspecified atom stereocenters. The van der Waals surface area contributed by atoms with Crippen LogP contribution in [0.25, 0.3) is 0 Å². The number of nitrogens with two attached hydrogens (primary N) is 1. The van der Waals surface area contributed by atoms with Gasteiger partial charge >= 0.3 is 5.97 Å². The number of carboxylic acid groups (broad SMARTS) is 1. The number of carbonyl (C=O) groups is 1. The van der Waals surface area contributed by atoms with E-state index < -0.39 is 17.1 Å². The van der Waals surface area contributed by atoms with Crippen molar-refractivity contribution in [2.75, 3.05) is 13.2 Å². The Morgan fingerprint density at radius 1 is 1.33 bits per heavy atom. The molecule has 0 saturated carbocycles. The Balaban J connectivity index is -0.000000200. The monoisotopic (exact) mass is 270 g/mol. The average molecular weight is 270 g/mol. The molecule has 0 amide bonds. The van der Waals surface area contributed by atoms with Crippen LogP contribution in [0.4, 0.5) is 0 Å². The molecule has 0 aromatic rings. The fraction of sp³-hybridized carbons (Fsp3) is 0.889. The number of hydrogen-bond donors (Lipinski definition) is 5. The van der Waals surface area contributed by atoms with E-state index in [0.29, 0.717) is 6.42 Å². The molecule has 0 aliphatic heterocycles. The van der Waals surface area contributed by atoms with Crippen LogP contribution >= 0.6 is 0 Å². The van der Waals surface area contributed by atoms with Crippen molar-refractivity contribution < 1.29 is 30.4 Å². The van der Waals surface area contributed by atoms with E-state index >= 15 is 0 Å². The van der Waals surface area contributed by atoms with Gasteiger partial charge in [0, 0.05) is 13.2 Å². The standard InChI is InChI=1S/C5H11NO2.C4H10O2.HNO3/c1-2-3-4(6)5(7)8;5-3-1-2-4-6;2-1(3)4/h4H,2-3,6H2,1H3,(H,7,8);5-6H,1-4H2;(H,2,3,4)/t4-;;/m0../s1. The van der Waals surface area contributed by atoms with E-state index in [1.807, 2.05) is 6.92 Å². The fourth-order valence-corrected chi connectivity index (χ4v) is 0.658. The van der Waals surface area contributed by atoms with E-state index in [-0.39, 0.29) is 13.2 Å². The van der Waals surface area contributed by atoms with Gasteiger partial charge in [0.25, 0.3) is 5.09 Å². The summed E-state index contributed by atoms with van der Waals surface area (Å²) in [6, 6.07) is -0.667. The molecule has 0 fully saturated rings. The second kappa shape index (κ2) is 17.9. The van der Waals surface area contributed by atoms with Crippen LogP contribution in [-0.4, -0.2) is 50.8 Å². The maximum Gasteiger partial charge on any atom is 0.320 e. The Bertz CT molecular complexity index is 193. The maximum absolute atomic E-state index is 9.96. The van der Waals surface area contributed by atoms with Crippen molar-refractivity contribution in [3.8, 4) is 0 Å². The van der Waals surface area contributed by atoms with Crippen molar-refractivity contribution in [3.05, 3.63) is 10.1 Å². The molecule has 0 aliphatic carbocycles. The molecule has 0 aliphatic rings. The molecule has 0 rings (SSSR count). The quantitative estimate of drug-likeness (QED) is 0.247. The average Bonchev–Trinajstić information content (AvgIpc) is 2.26. The lowest BCUT2D eigenvalue weighted by atomic mass is 10.2. The van der Waals surface area contributed by atoms with Crippen molar-refractivity contribution in [2.45, 2.75) is 38.6 Å². The second-order valence-electron chi connectivity index (χ2n) is 3.13. The molecule has 6 N–H and O–H groups in total. The molecule has 0 bridgehead atoms. The van der Waals surface area contributed by atoms with Crippen LogP contribution in [0.3, 0.4) is 0 Å². The zero-order valence-corrected chi connectivity index (χ0v) is 10.4. The van der Waals surface area contributed by atoms with Gasteiger partial charge in [0.05, 0.1) is 0 Å². The number of aliphatic hydroxyl groups is 2. The van der Waals surface area contributed by atoms with E-state index in [1.54, 1.807) is 0 Å². The van der Waals surface area contributed by atoms with Crippen molar-refractivity contribution in [1.82, 2.24) is 0 Å². The molecule has 1 atom stereocenters. The highest BCUT2D eigenvalue weighted by molar-refractivity contribution is 5.72. The lowest BCUT2D eigenvalue weighted by Crippen LogP contribution is -2.29. The smallest absolute Gasteiger partial charge is 0.320 e. The van der Waals surface area contributed by atoms with Crippen molar-refractivity contribution >= 4 is 5.97 Å². The third kappa shape index (κ3) is 36.5. The first-order chi connectivity index (χ1) is 8.33. The summed E-state index contributed by atoms with van der Waals surface area (Å²) in [7, 11) is 0. The SMILES string of the molecule is CCC[C@H](N)C(=O)O.O=[N+]([O-])O.OCCCCO. The van der Waals surface area contributed by atoms with Gasteiger partial charge in [0.1, 0.15) is 6.04 Å². The van der Waals surface area contributed by atoms with Crippen LogP contribution in [0, 0.1) is 10.1 Å². The number of hydrogen-bond acceptors (Lipinski definition) is 6. The highest BCUT2D eigenvalue weighted by Crippen LogP contribution is 1.91. The van der Waals surface area contributed by atoms with Gasteiger partial charge in [-0.05, 0) is 19.3 Å². The third-order valence-electron chi connectivity index (χ3n) is 1.48. The number of unbranched alkanes of at least 4 members (excludes halogenated alkanes) is 1. The number of rotatable bonds is 6. The second-order valence-corrected chi connectivity index (χ2v) is 3.13. The molecular weight excluding hydrogens is 248 g/mol. The van der Waals surface area contributed by atoms with Crippen LogP contribution in [0.5, 0.6) is 0 Å². The van der Waals surface area contributed by atoms with Gasteiger partial charge in [0.2, 0.25) is 0 Å². The van der Waals surface area contributed by atoms with Crippen LogP contribution in [-0.2, 0) is 4.79 Å². The number of aliphatic hydroxyl groups excluding tert-OH is 2.